The van der Waals surface area contributed by atoms with Crippen LogP contribution in [0.3, 0.4) is 0 Å². The van der Waals surface area contributed by atoms with Crippen molar-refractivity contribution in [2.24, 2.45) is 29.6 Å². The molecule has 0 heterocycles. The molecule has 0 bridgehead atoms. The van der Waals surface area contributed by atoms with Crippen molar-refractivity contribution in [3.05, 3.63) is 0 Å². The molecule has 0 aromatic rings. The maximum absolute atomic E-state index is 2.43. The summed E-state index contributed by atoms with van der Waals surface area (Å²) in [6.07, 6.45) is 1.48. The molecule has 0 aliphatic heterocycles. The molecule has 2 unspecified atom stereocenters. The fraction of sp³-hybridized carbons (Fsp3) is 1.00. The van der Waals surface area contributed by atoms with Crippen LogP contribution >= 0.6 is 0 Å². The zero-order valence-corrected chi connectivity index (χ0v) is 8.59. The number of hydrogen-bond donors (Lipinski definition) is 0. The first-order valence-corrected chi connectivity index (χ1v) is 5.04. The molecule has 0 N–H and O–H groups in total. The summed E-state index contributed by atoms with van der Waals surface area (Å²) in [5, 5.41) is 0. The van der Waals surface area contributed by atoms with Gasteiger partial charge in [0.1, 0.15) is 0 Å². The summed E-state index contributed by atoms with van der Waals surface area (Å²) < 4.78 is 0. The molecule has 0 saturated heterocycles. The maximum atomic E-state index is 2.43. The first-order chi connectivity index (χ1) is 5.04. The molecule has 0 aromatic carbocycles. The van der Waals surface area contributed by atoms with E-state index in [9.17, 15) is 0 Å². The van der Waals surface area contributed by atoms with Gasteiger partial charge in [-0.3, -0.25) is 0 Å². The van der Waals surface area contributed by atoms with Crippen LogP contribution in [0.1, 0.15) is 41.0 Å². The summed E-state index contributed by atoms with van der Waals surface area (Å²) in [4.78, 5) is 0. The van der Waals surface area contributed by atoms with Gasteiger partial charge < -0.3 is 0 Å². The van der Waals surface area contributed by atoms with E-state index in [0.29, 0.717) is 0 Å². The van der Waals surface area contributed by atoms with E-state index in [1.165, 1.54) is 6.42 Å². The Bertz CT molecular complexity index is 110. The molecule has 1 fully saturated rings. The van der Waals surface area contributed by atoms with Crippen LogP contribution in [0, 0.1) is 29.6 Å². The molecular formula is C11H22. The molecule has 0 aromatic heterocycles. The van der Waals surface area contributed by atoms with Gasteiger partial charge in [0.15, 0.2) is 0 Å². The van der Waals surface area contributed by atoms with E-state index in [0.717, 1.165) is 29.6 Å². The highest BCUT2D eigenvalue weighted by atomic mass is 14.4. The molecule has 2 atom stereocenters. The zero-order valence-electron chi connectivity index (χ0n) is 8.59. The second-order valence-corrected chi connectivity index (χ2v) is 4.91. The molecule has 66 valence electrons. The second kappa shape index (κ2) is 3.16. The molecule has 0 nitrogen and oxygen atoms in total. The summed E-state index contributed by atoms with van der Waals surface area (Å²) in [6, 6.07) is 0. The molecule has 1 saturated carbocycles. The molecule has 0 radical (unpaired) electrons. The molecular weight excluding hydrogens is 132 g/mol. The maximum Gasteiger partial charge on any atom is -0.0360 e. The Morgan fingerprint density at radius 3 is 1.45 bits per heavy atom. The Balaban J connectivity index is 2.38. The van der Waals surface area contributed by atoms with Crippen LogP contribution in [-0.4, -0.2) is 0 Å². The predicted molar refractivity (Wildman–Crippen MR) is 50.4 cm³/mol. The van der Waals surface area contributed by atoms with Crippen molar-refractivity contribution >= 4 is 0 Å². The third kappa shape index (κ3) is 1.60. The van der Waals surface area contributed by atoms with Crippen molar-refractivity contribution < 1.29 is 0 Å². The lowest BCUT2D eigenvalue weighted by Gasteiger charge is -2.47. The van der Waals surface area contributed by atoms with Gasteiger partial charge in [-0.2, -0.15) is 0 Å². The molecule has 0 spiro atoms. The van der Waals surface area contributed by atoms with Crippen molar-refractivity contribution in [3.8, 4) is 0 Å². The van der Waals surface area contributed by atoms with Gasteiger partial charge in [0, 0.05) is 0 Å². The van der Waals surface area contributed by atoms with Crippen molar-refractivity contribution in [2.45, 2.75) is 41.0 Å². The average Bonchev–Trinajstić information content (AvgIpc) is 1.82. The lowest BCUT2D eigenvalue weighted by atomic mass is 9.58. The van der Waals surface area contributed by atoms with Crippen LogP contribution in [0.2, 0.25) is 0 Å². The number of hydrogen-bond acceptors (Lipinski definition) is 0. The van der Waals surface area contributed by atoms with Gasteiger partial charge in [0.25, 0.3) is 0 Å². The Labute approximate surface area is 71.4 Å². The topological polar surface area (TPSA) is 0 Å². The summed E-state index contributed by atoms with van der Waals surface area (Å²) in [5.41, 5.74) is 0. The molecule has 1 aliphatic carbocycles. The Hall–Kier alpha value is 0. The molecule has 1 rings (SSSR count). The smallest absolute Gasteiger partial charge is 0.0360 e. The highest BCUT2D eigenvalue weighted by molar-refractivity contribution is 4.89. The van der Waals surface area contributed by atoms with Crippen LogP contribution in [-0.2, 0) is 0 Å². The van der Waals surface area contributed by atoms with Crippen LogP contribution in [0.5, 0.6) is 0 Å². The SMILES string of the molecule is CC(C)C1CC(C(C)C)C1C. The van der Waals surface area contributed by atoms with Gasteiger partial charge in [0.2, 0.25) is 0 Å². The fourth-order valence-corrected chi connectivity index (χ4v) is 2.62. The quantitative estimate of drug-likeness (QED) is 0.570. The summed E-state index contributed by atoms with van der Waals surface area (Å²) in [7, 11) is 0. The minimum absolute atomic E-state index is 0.903. The second-order valence-electron chi connectivity index (χ2n) is 4.91. The van der Waals surface area contributed by atoms with Crippen molar-refractivity contribution in [3.63, 3.8) is 0 Å². The van der Waals surface area contributed by atoms with E-state index in [-0.39, 0.29) is 0 Å². The van der Waals surface area contributed by atoms with Crippen LogP contribution < -0.4 is 0 Å². The lowest BCUT2D eigenvalue weighted by Crippen LogP contribution is -2.40. The van der Waals surface area contributed by atoms with Crippen LogP contribution in [0.4, 0.5) is 0 Å². The van der Waals surface area contributed by atoms with Crippen molar-refractivity contribution in [2.75, 3.05) is 0 Å². The van der Waals surface area contributed by atoms with E-state index in [1.54, 1.807) is 0 Å². The van der Waals surface area contributed by atoms with Gasteiger partial charge >= 0.3 is 0 Å². The minimum Gasteiger partial charge on any atom is -0.0625 e. The summed E-state index contributed by atoms with van der Waals surface area (Å²) >= 11 is 0. The first kappa shape index (κ1) is 9.09. The Kier molecular flexibility index (Phi) is 2.61. The normalized spacial score (nSPS) is 37.9. The van der Waals surface area contributed by atoms with Crippen LogP contribution in [0.15, 0.2) is 0 Å². The van der Waals surface area contributed by atoms with Gasteiger partial charge in [-0.1, -0.05) is 34.6 Å². The van der Waals surface area contributed by atoms with Gasteiger partial charge in [-0.05, 0) is 36.0 Å². The zero-order chi connectivity index (χ0) is 8.59. The Morgan fingerprint density at radius 2 is 1.27 bits per heavy atom. The largest absolute Gasteiger partial charge is 0.0625 e. The first-order valence-electron chi connectivity index (χ1n) is 5.04. The van der Waals surface area contributed by atoms with E-state index in [2.05, 4.69) is 34.6 Å². The van der Waals surface area contributed by atoms with E-state index >= 15 is 0 Å². The summed E-state index contributed by atoms with van der Waals surface area (Å²) in [5.74, 6) is 4.82. The third-order valence-electron chi connectivity index (χ3n) is 3.61. The molecule has 0 heteroatoms. The van der Waals surface area contributed by atoms with E-state index < -0.39 is 0 Å². The highest BCUT2D eigenvalue weighted by Crippen LogP contribution is 2.47. The van der Waals surface area contributed by atoms with Crippen molar-refractivity contribution in [1.82, 2.24) is 0 Å². The molecule has 1 aliphatic rings. The highest BCUT2D eigenvalue weighted by Gasteiger charge is 2.40. The van der Waals surface area contributed by atoms with Gasteiger partial charge in [0.05, 0.1) is 0 Å². The predicted octanol–water partition coefficient (Wildman–Crippen LogP) is 3.57. The van der Waals surface area contributed by atoms with E-state index in [4.69, 9.17) is 0 Å². The Morgan fingerprint density at radius 1 is 0.909 bits per heavy atom. The monoisotopic (exact) mass is 154 g/mol. The standard InChI is InChI=1S/C11H22/c1-7(2)10-6-11(8(3)4)9(10)5/h7-11H,6H2,1-5H3. The minimum atomic E-state index is 0.903. The lowest BCUT2D eigenvalue weighted by molar-refractivity contribution is 0.0175. The van der Waals surface area contributed by atoms with E-state index in [1.807, 2.05) is 0 Å². The van der Waals surface area contributed by atoms with Gasteiger partial charge in [-0.25, -0.2) is 0 Å². The molecule has 0 amide bonds. The van der Waals surface area contributed by atoms with Gasteiger partial charge in [-0.15, -0.1) is 0 Å². The van der Waals surface area contributed by atoms with Crippen LogP contribution in [0.25, 0.3) is 0 Å². The average molecular weight is 154 g/mol. The number of rotatable bonds is 2. The molecule has 11 heavy (non-hydrogen) atoms. The fourth-order valence-electron chi connectivity index (χ4n) is 2.62. The van der Waals surface area contributed by atoms with Crippen molar-refractivity contribution in [1.29, 1.82) is 0 Å². The summed E-state index contributed by atoms with van der Waals surface area (Å²) in [6.45, 7) is 11.9. The third-order valence-corrected chi connectivity index (χ3v) is 3.61.